The minimum Gasteiger partial charge on any atom is -0.348 e. The molecule has 6 nitrogen and oxygen atoms in total. The van der Waals surface area contributed by atoms with Crippen molar-refractivity contribution in [2.24, 2.45) is 0 Å². The summed E-state index contributed by atoms with van der Waals surface area (Å²) in [5.41, 5.74) is 4.19. The highest BCUT2D eigenvalue weighted by Crippen LogP contribution is 2.23. The predicted octanol–water partition coefficient (Wildman–Crippen LogP) is 4.52. The highest BCUT2D eigenvalue weighted by Gasteiger charge is 2.07. The molecule has 0 aliphatic rings. The van der Waals surface area contributed by atoms with Gasteiger partial charge in [0, 0.05) is 47.8 Å². The minimum atomic E-state index is -0.137. The van der Waals surface area contributed by atoms with Gasteiger partial charge in [0.25, 0.3) is 5.91 Å². The number of pyridine rings is 1. The van der Waals surface area contributed by atoms with Crippen molar-refractivity contribution in [2.75, 3.05) is 5.32 Å². The molecule has 2 amide bonds. The number of nitrogens with one attached hydrogen (secondary N) is 2. The highest BCUT2D eigenvalue weighted by atomic mass is 32.2. The molecule has 7 heteroatoms. The Morgan fingerprint density at radius 3 is 2.65 bits per heavy atom. The number of carbonyl (C=O) groups excluding carboxylic acids is 2. The number of thioether (sulfide) groups is 1. The first kappa shape index (κ1) is 20.7. The second-order valence-electron chi connectivity index (χ2n) is 7.08. The summed E-state index contributed by atoms with van der Waals surface area (Å²) in [6.45, 7) is 1.85. The van der Waals surface area contributed by atoms with E-state index in [1.165, 1.54) is 6.92 Å². The van der Waals surface area contributed by atoms with Crippen molar-refractivity contribution in [3.63, 3.8) is 0 Å². The maximum absolute atomic E-state index is 12.5. The van der Waals surface area contributed by atoms with E-state index in [0.29, 0.717) is 17.8 Å². The van der Waals surface area contributed by atoms with Crippen LogP contribution in [-0.2, 0) is 17.1 Å². The van der Waals surface area contributed by atoms with Gasteiger partial charge in [-0.2, -0.15) is 0 Å². The normalized spacial score (nSPS) is 10.7. The summed E-state index contributed by atoms with van der Waals surface area (Å²) >= 11 is 1.68. The van der Waals surface area contributed by atoms with Crippen molar-refractivity contribution in [3.8, 4) is 0 Å². The van der Waals surface area contributed by atoms with Gasteiger partial charge in [0.05, 0.1) is 5.69 Å². The van der Waals surface area contributed by atoms with Gasteiger partial charge in [-0.15, -0.1) is 11.8 Å². The highest BCUT2D eigenvalue weighted by molar-refractivity contribution is 7.98. The van der Waals surface area contributed by atoms with Crippen LogP contribution in [-0.4, -0.2) is 21.2 Å². The fourth-order valence-corrected chi connectivity index (χ4v) is 3.95. The topological polar surface area (TPSA) is 75.5 Å². The van der Waals surface area contributed by atoms with E-state index in [9.17, 15) is 9.59 Å². The molecule has 0 fully saturated rings. The number of rotatable bonds is 7. The molecule has 4 aromatic rings. The van der Waals surface area contributed by atoms with Crippen molar-refractivity contribution < 1.29 is 9.59 Å². The molecular weight excluding hydrogens is 408 g/mol. The van der Waals surface area contributed by atoms with Crippen molar-refractivity contribution in [2.45, 2.75) is 24.1 Å². The average molecular weight is 431 g/mol. The van der Waals surface area contributed by atoms with Crippen LogP contribution >= 0.6 is 11.8 Å². The fraction of sp³-hybridized carbons (Fsp3) is 0.125. The Balaban J connectivity index is 1.31. The molecule has 0 saturated heterocycles. The van der Waals surface area contributed by atoms with E-state index in [4.69, 9.17) is 0 Å². The van der Waals surface area contributed by atoms with Gasteiger partial charge in [-0.05, 0) is 54.1 Å². The lowest BCUT2D eigenvalue weighted by atomic mass is 10.1. The molecule has 2 heterocycles. The molecule has 0 radical (unpaired) electrons. The Hall–Kier alpha value is -3.58. The zero-order valence-electron chi connectivity index (χ0n) is 17.0. The Kier molecular flexibility index (Phi) is 6.33. The van der Waals surface area contributed by atoms with Crippen molar-refractivity contribution in [3.05, 3.63) is 95.9 Å². The quantitative estimate of drug-likeness (QED) is 0.423. The fourth-order valence-electron chi connectivity index (χ4n) is 3.16. The second kappa shape index (κ2) is 9.49. The molecule has 0 saturated carbocycles. The Morgan fingerprint density at radius 1 is 1.03 bits per heavy atom. The predicted molar refractivity (Wildman–Crippen MR) is 123 cm³/mol. The van der Waals surface area contributed by atoms with Gasteiger partial charge in [0.2, 0.25) is 5.91 Å². The summed E-state index contributed by atoms with van der Waals surface area (Å²) in [6, 6.07) is 20.9. The molecule has 0 bridgehead atoms. The maximum atomic E-state index is 12.5. The maximum Gasteiger partial charge on any atom is 0.251 e. The Bertz CT molecular complexity index is 1180. The summed E-state index contributed by atoms with van der Waals surface area (Å²) in [5.74, 6) is 0.500. The van der Waals surface area contributed by atoms with Gasteiger partial charge in [-0.25, -0.2) is 4.98 Å². The summed E-state index contributed by atoms with van der Waals surface area (Å²) in [4.78, 5) is 29.3. The number of hydrogen-bond acceptors (Lipinski definition) is 4. The first-order valence-corrected chi connectivity index (χ1v) is 10.9. The van der Waals surface area contributed by atoms with Crippen LogP contribution in [0.3, 0.4) is 0 Å². The third kappa shape index (κ3) is 5.52. The number of hydrogen-bond donors (Lipinski definition) is 2. The number of aromatic nitrogens is 2. The lowest BCUT2D eigenvalue weighted by Crippen LogP contribution is -2.22. The van der Waals surface area contributed by atoms with Crippen molar-refractivity contribution >= 4 is 34.9 Å². The summed E-state index contributed by atoms with van der Waals surface area (Å²) in [7, 11) is 0. The Morgan fingerprint density at radius 2 is 1.87 bits per heavy atom. The van der Waals surface area contributed by atoms with E-state index in [0.717, 1.165) is 27.6 Å². The van der Waals surface area contributed by atoms with Gasteiger partial charge in [-0.1, -0.05) is 18.2 Å². The molecular formula is C24H22N4O2S. The van der Waals surface area contributed by atoms with Gasteiger partial charge in [0.1, 0.15) is 5.65 Å². The molecule has 0 aliphatic heterocycles. The molecule has 31 heavy (non-hydrogen) atoms. The molecule has 2 aromatic carbocycles. The number of benzene rings is 2. The third-order valence-corrected chi connectivity index (χ3v) is 5.66. The molecule has 0 aliphatic carbocycles. The molecule has 2 aromatic heterocycles. The van der Waals surface area contributed by atoms with E-state index in [1.54, 1.807) is 11.8 Å². The number of fused-ring (bicyclic) bond motifs is 1. The van der Waals surface area contributed by atoms with Gasteiger partial charge in [-0.3, -0.25) is 9.59 Å². The van der Waals surface area contributed by atoms with Crippen LogP contribution in [0.15, 0.2) is 84.0 Å². The van der Waals surface area contributed by atoms with Gasteiger partial charge < -0.3 is 15.0 Å². The van der Waals surface area contributed by atoms with Crippen LogP contribution in [0.5, 0.6) is 0 Å². The van der Waals surface area contributed by atoms with Crippen LogP contribution in [0.25, 0.3) is 5.65 Å². The Labute approximate surface area is 184 Å². The number of carbonyl (C=O) groups is 2. The van der Waals surface area contributed by atoms with E-state index in [2.05, 4.69) is 15.6 Å². The van der Waals surface area contributed by atoms with E-state index < -0.39 is 0 Å². The van der Waals surface area contributed by atoms with Crippen molar-refractivity contribution in [1.82, 2.24) is 14.7 Å². The standard InChI is InChI=1S/C24H22N4O2S/c1-17(29)26-20-6-4-5-18(13-20)14-25-24(30)19-8-10-22(11-9-19)31-16-21-15-28-12-3-2-7-23(28)27-21/h2-13,15H,14,16H2,1H3,(H,25,30)(H,26,29). The van der Waals surface area contributed by atoms with Crippen molar-refractivity contribution in [1.29, 1.82) is 0 Å². The largest absolute Gasteiger partial charge is 0.348 e. The van der Waals surface area contributed by atoms with Crippen LogP contribution in [0, 0.1) is 0 Å². The number of imidazole rings is 1. The van der Waals surface area contributed by atoms with Crippen LogP contribution in [0.4, 0.5) is 5.69 Å². The zero-order valence-corrected chi connectivity index (χ0v) is 17.9. The SMILES string of the molecule is CC(=O)Nc1cccc(CNC(=O)c2ccc(SCc3cn4ccccc4n3)cc2)c1. The first-order valence-electron chi connectivity index (χ1n) is 9.87. The summed E-state index contributed by atoms with van der Waals surface area (Å²) < 4.78 is 2.01. The van der Waals surface area contributed by atoms with Crippen LogP contribution in [0.2, 0.25) is 0 Å². The average Bonchev–Trinajstić information content (AvgIpc) is 3.19. The molecule has 2 N–H and O–H groups in total. The minimum absolute atomic E-state index is 0.125. The van der Waals surface area contributed by atoms with E-state index in [-0.39, 0.29) is 11.8 Å². The molecule has 156 valence electrons. The molecule has 0 unspecified atom stereocenters. The van der Waals surface area contributed by atoms with Crippen LogP contribution < -0.4 is 10.6 Å². The first-order chi connectivity index (χ1) is 15.1. The molecule has 4 rings (SSSR count). The van der Waals surface area contributed by atoms with Gasteiger partial charge in [0.15, 0.2) is 0 Å². The second-order valence-corrected chi connectivity index (χ2v) is 8.12. The number of anilines is 1. The number of nitrogens with zero attached hydrogens (tertiary/aromatic N) is 2. The van der Waals surface area contributed by atoms with Gasteiger partial charge >= 0.3 is 0 Å². The zero-order chi connectivity index (χ0) is 21.6. The molecule has 0 spiro atoms. The lowest BCUT2D eigenvalue weighted by Gasteiger charge is -2.08. The van der Waals surface area contributed by atoms with E-state index in [1.807, 2.05) is 83.5 Å². The summed E-state index contributed by atoms with van der Waals surface area (Å²) in [6.07, 6.45) is 4.02. The molecule has 0 atom stereocenters. The third-order valence-electron chi connectivity index (χ3n) is 4.62. The smallest absolute Gasteiger partial charge is 0.251 e. The number of amides is 2. The van der Waals surface area contributed by atoms with E-state index >= 15 is 0 Å². The monoisotopic (exact) mass is 430 g/mol. The summed E-state index contributed by atoms with van der Waals surface area (Å²) in [5, 5.41) is 5.66. The lowest BCUT2D eigenvalue weighted by molar-refractivity contribution is -0.114. The van der Waals surface area contributed by atoms with Crippen LogP contribution in [0.1, 0.15) is 28.5 Å².